The highest BCUT2D eigenvalue weighted by Gasteiger charge is 2.25. The number of rotatable bonds is 5. The number of nitrogens with zero attached hydrogens (tertiary/aromatic N) is 2. The summed E-state index contributed by atoms with van der Waals surface area (Å²) in [5.41, 5.74) is 0.933. The van der Waals surface area contributed by atoms with Crippen LogP contribution in [0.5, 0.6) is 0 Å². The Morgan fingerprint density at radius 2 is 1.67 bits per heavy atom. The van der Waals surface area contributed by atoms with E-state index in [0.29, 0.717) is 26.2 Å². The quantitative estimate of drug-likeness (QED) is 0.751. The van der Waals surface area contributed by atoms with Gasteiger partial charge in [-0.25, -0.2) is 4.79 Å². The van der Waals surface area contributed by atoms with Gasteiger partial charge in [0.2, 0.25) is 11.8 Å². The lowest BCUT2D eigenvalue weighted by molar-refractivity contribution is -0.133. The molecular formula is C16H20BrN3O4. The minimum absolute atomic E-state index is 0.0249. The maximum atomic E-state index is 12.0. The summed E-state index contributed by atoms with van der Waals surface area (Å²) in [4.78, 5) is 38.4. The predicted octanol–water partition coefficient (Wildman–Crippen LogP) is 0.978. The largest absolute Gasteiger partial charge is 0.445 e. The van der Waals surface area contributed by atoms with Crippen LogP contribution in [-0.2, 0) is 20.9 Å². The molecule has 0 atom stereocenters. The highest BCUT2D eigenvalue weighted by atomic mass is 79.9. The van der Waals surface area contributed by atoms with Gasteiger partial charge in [-0.1, -0.05) is 46.3 Å². The number of carbonyl (C=O) groups excluding carboxylic acids is 3. The molecule has 0 aromatic heterocycles. The summed E-state index contributed by atoms with van der Waals surface area (Å²) in [6, 6.07) is 9.47. The van der Waals surface area contributed by atoms with Crippen molar-refractivity contribution in [3.63, 3.8) is 0 Å². The molecule has 8 heteroatoms. The standard InChI is InChI=1S/C16H20BrN3O4/c17-10-14(21)18-11-15(22)19-6-8-20(9-7-19)16(23)24-12-13-4-2-1-3-5-13/h1-5H,6-12H2,(H,18,21). The van der Waals surface area contributed by atoms with Crippen molar-refractivity contribution in [1.29, 1.82) is 0 Å². The van der Waals surface area contributed by atoms with Gasteiger partial charge in [-0.2, -0.15) is 0 Å². The molecule has 0 bridgehead atoms. The van der Waals surface area contributed by atoms with Crippen LogP contribution < -0.4 is 5.32 Å². The highest BCUT2D eigenvalue weighted by Crippen LogP contribution is 2.07. The first-order chi connectivity index (χ1) is 11.6. The number of hydrogen-bond donors (Lipinski definition) is 1. The third-order valence-electron chi connectivity index (χ3n) is 3.65. The number of hydrogen-bond acceptors (Lipinski definition) is 4. The van der Waals surface area contributed by atoms with E-state index in [1.807, 2.05) is 30.3 Å². The molecule has 1 aliphatic rings. The van der Waals surface area contributed by atoms with Crippen molar-refractivity contribution >= 4 is 33.8 Å². The molecule has 130 valence electrons. The minimum Gasteiger partial charge on any atom is -0.445 e. The monoisotopic (exact) mass is 397 g/mol. The van der Waals surface area contributed by atoms with Crippen LogP contribution in [0, 0.1) is 0 Å². The third kappa shape index (κ3) is 5.52. The Morgan fingerprint density at radius 1 is 1.04 bits per heavy atom. The molecular weight excluding hydrogens is 378 g/mol. The van der Waals surface area contributed by atoms with Crippen LogP contribution in [0.3, 0.4) is 0 Å². The van der Waals surface area contributed by atoms with E-state index >= 15 is 0 Å². The number of halogens is 1. The zero-order valence-electron chi connectivity index (χ0n) is 13.2. The average Bonchev–Trinajstić information content (AvgIpc) is 2.64. The molecule has 2 rings (SSSR count). The van der Waals surface area contributed by atoms with Gasteiger partial charge in [-0.3, -0.25) is 9.59 Å². The highest BCUT2D eigenvalue weighted by molar-refractivity contribution is 9.09. The van der Waals surface area contributed by atoms with Crippen molar-refractivity contribution in [2.24, 2.45) is 0 Å². The maximum Gasteiger partial charge on any atom is 0.410 e. The maximum absolute atomic E-state index is 12.0. The van der Waals surface area contributed by atoms with Crippen molar-refractivity contribution < 1.29 is 19.1 Å². The summed E-state index contributed by atoms with van der Waals surface area (Å²) >= 11 is 3.02. The van der Waals surface area contributed by atoms with E-state index in [4.69, 9.17) is 4.74 Å². The van der Waals surface area contributed by atoms with Crippen LogP contribution in [0.2, 0.25) is 0 Å². The van der Waals surface area contributed by atoms with Crippen LogP contribution >= 0.6 is 15.9 Å². The van der Waals surface area contributed by atoms with Crippen molar-refractivity contribution in [3.05, 3.63) is 35.9 Å². The van der Waals surface area contributed by atoms with Gasteiger partial charge in [0.25, 0.3) is 0 Å². The Balaban J connectivity index is 1.70. The molecule has 1 heterocycles. The predicted molar refractivity (Wildman–Crippen MR) is 91.6 cm³/mol. The van der Waals surface area contributed by atoms with Gasteiger partial charge in [0, 0.05) is 26.2 Å². The fourth-order valence-electron chi connectivity index (χ4n) is 2.28. The summed E-state index contributed by atoms with van der Waals surface area (Å²) in [6.45, 7) is 1.92. The Labute approximate surface area is 149 Å². The lowest BCUT2D eigenvalue weighted by Gasteiger charge is -2.34. The summed E-state index contributed by atoms with van der Waals surface area (Å²) in [5.74, 6) is -0.381. The Morgan fingerprint density at radius 3 is 2.29 bits per heavy atom. The summed E-state index contributed by atoms with van der Waals surface area (Å²) < 4.78 is 5.28. The van der Waals surface area contributed by atoms with E-state index in [2.05, 4.69) is 21.2 Å². The third-order valence-corrected chi connectivity index (χ3v) is 4.16. The van der Waals surface area contributed by atoms with E-state index < -0.39 is 0 Å². The van der Waals surface area contributed by atoms with Crippen LogP contribution in [0.15, 0.2) is 30.3 Å². The molecule has 1 aliphatic heterocycles. The number of ether oxygens (including phenoxy) is 1. The van der Waals surface area contributed by atoms with E-state index in [0.717, 1.165) is 5.56 Å². The molecule has 7 nitrogen and oxygen atoms in total. The smallest absolute Gasteiger partial charge is 0.410 e. The zero-order valence-corrected chi connectivity index (χ0v) is 14.8. The van der Waals surface area contributed by atoms with Crippen LogP contribution in [0.1, 0.15) is 5.56 Å². The minimum atomic E-state index is -0.376. The van der Waals surface area contributed by atoms with Crippen LogP contribution in [0.4, 0.5) is 4.79 Å². The molecule has 0 radical (unpaired) electrons. The van der Waals surface area contributed by atoms with Gasteiger partial charge in [0.15, 0.2) is 0 Å². The molecule has 1 N–H and O–H groups in total. The first kappa shape index (κ1) is 18.3. The van der Waals surface area contributed by atoms with Crippen molar-refractivity contribution in [1.82, 2.24) is 15.1 Å². The van der Waals surface area contributed by atoms with Crippen LogP contribution in [-0.4, -0.2) is 65.8 Å². The first-order valence-corrected chi connectivity index (χ1v) is 8.78. The summed E-state index contributed by atoms with van der Waals surface area (Å²) in [5, 5.41) is 2.69. The molecule has 1 aromatic carbocycles. The molecule has 0 saturated carbocycles. The van der Waals surface area contributed by atoms with Gasteiger partial charge < -0.3 is 19.9 Å². The Hall–Kier alpha value is -2.09. The number of benzene rings is 1. The van der Waals surface area contributed by atoms with Crippen molar-refractivity contribution in [3.8, 4) is 0 Å². The van der Waals surface area contributed by atoms with Gasteiger partial charge in [0.05, 0.1) is 11.9 Å². The lowest BCUT2D eigenvalue weighted by atomic mass is 10.2. The van der Waals surface area contributed by atoms with E-state index in [1.54, 1.807) is 9.80 Å². The molecule has 1 saturated heterocycles. The normalized spacial score (nSPS) is 14.2. The first-order valence-electron chi connectivity index (χ1n) is 7.66. The van der Waals surface area contributed by atoms with E-state index in [9.17, 15) is 14.4 Å². The number of alkyl halides is 1. The van der Waals surface area contributed by atoms with Crippen molar-refractivity contribution in [2.45, 2.75) is 6.61 Å². The second-order valence-corrected chi connectivity index (χ2v) is 5.88. The van der Waals surface area contributed by atoms with Crippen molar-refractivity contribution in [2.75, 3.05) is 38.1 Å². The molecule has 1 aromatic rings. The molecule has 0 spiro atoms. The number of piperazine rings is 1. The number of nitrogens with one attached hydrogen (secondary N) is 1. The Kier molecular flexibility index (Phi) is 7.05. The van der Waals surface area contributed by atoms with Crippen LogP contribution in [0.25, 0.3) is 0 Å². The van der Waals surface area contributed by atoms with Gasteiger partial charge in [-0.15, -0.1) is 0 Å². The topological polar surface area (TPSA) is 79.0 Å². The SMILES string of the molecule is O=C(CBr)NCC(=O)N1CCN(C(=O)OCc2ccccc2)CC1. The molecule has 1 fully saturated rings. The Bertz CT molecular complexity index is 574. The number of amides is 3. The lowest BCUT2D eigenvalue weighted by Crippen LogP contribution is -2.52. The van der Waals surface area contributed by atoms with Gasteiger partial charge in [0.1, 0.15) is 6.61 Å². The van der Waals surface area contributed by atoms with Gasteiger partial charge in [-0.05, 0) is 5.56 Å². The fourth-order valence-corrected chi connectivity index (χ4v) is 2.48. The molecule has 0 aliphatic carbocycles. The molecule has 3 amide bonds. The number of carbonyl (C=O) groups is 3. The van der Waals surface area contributed by atoms with Gasteiger partial charge >= 0.3 is 6.09 Å². The molecule has 0 unspecified atom stereocenters. The van der Waals surface area contributed by atoms with E-state index in [-0.39, 0.29) is 36.4 Å². The molecule has 24 heavy (non-hydrogen) atoms. The summed E-state index contributed by atoms with van der Waals surface area (Å²) in [7, 11) is 0. The van der Waals surface area contributed by atoms with E-state index in [1.165, 1.54) is 0 Å². The average molecular weight is 398 g/mol. The second kappa shape index (κ2) is 9.27. The fraction of sp³-hybridized carbons (Fsp3) is 0.438. The zero-order chi connectivity index (χ0) is 17.4. The summed E-state index contributed by atoms with van der Waals surface area (Å²) in [6.07, 6.45) is -0.376. The second-order valence-electron chi connectivity index (χ2n) is 5.32.